The smallest absolute Gasteiger partial charge is 0.407 e. The van der Waals surface area contributed by atoms with Gasteiger partial charge in [0.15, 0.2) is 6.79 Å². The molecule has 0 bridgehead atoms. The standard InChI is InChI=1S/C40H50Cl2N2O7/c1-11-48-38(45)37-30(13-12-16-49-28-19-25(4)35(42)26(5)20-28)31-14-15-32(41)34(33-23(2)17-29(18-24(33)3)50-22-47-10)36(31)44(37)27(6)21-43-39(46)51-40(7,8)9/h14-15,17-20,27H,11-13,16,21-22H2,1-10H3,(H,43,46)/t27-/m1/s1. The Morgan fingerprint density at radius 1 is 0.902 bits per heavy atom. The summed E-state index contributed by atoms with van der Waals surface area (Å²) in [5.74, 6) is 0.946. The van der Waals surface area contributed by atoms with Gasteiger partial charge in [-0.1, -0.05) is 29.3 Å². The molecule has 1 aromatic heterocycles. The molecule has 0 aliphatic rings. The number of carbonyl (C=O) groups excluding carboxylic acids is 2. The number of hydrogen-bond acceptors (Lipinski definition) is 7. The quantitative estimate of drug-likeness (QED) is 0.0781. The Hall–Kier alpha value is -3.92. The third kappa shape index (κ3) is 9.50. The van der Waals surface area contributed by atoms with Gasteiger partial charge in [0.05, 0.1) is 23.8 Å². The number of nitrogens with zero attached hydrogens (tertiary/aromatic N) is 1. The van der Waals surface area contributed by atoms with Crippen molar-refractivity contribution in [2.75, 3.05) is 33.7 Å². The van der Waals surface area contributed by atoms with Crippen LogP contribution in [0.5, 0.6) is 11.5 Å². The molecule has 0 fully saturated rings. The van der Waals surface area contributed by atoms with E-state index in [2.05, 4.69) is 5.32 Å². The third-order valence-electron chi connectivity index (χ3n) is 8.42. The number of methoxy groups -OCH3 is 1. The van der Waals surface area contributed by atoms with Gasteiger partial charge in [-0.25, -0.2) is 9.59 Å². The molecule has 3 aromatic carbocycles. The van der Waals surface area contributed by atoms with E-state index in [1.165, 1.54) is 0 Å². The van der Waals surface area contributed by atoms with Crippen LogP contribution < -0.4 is 14.8 Å². The van der Waals surface area contributed by atoms with Gasteiger partial charge in [0.2, 0.25) is 0 Å². The first kappa shape index (κ1) is 39.9. The highest BCUT2D eigenvalue weighted by atomic mass is 35.5. The largest absolute Gasteiger partial charge is 0.494 e. The van der Waals surface area contributed by atoms with Crippen LogP contribution in [-0.2, 0) is 20.6 Å². The molecule has 51 heavy (non-hydrogen) atoms. The van der Waals surface area contributed by atoms with E-state index in [1.807, 2.05) is 96.4 Å². The number of aromatic nitrogens is 1. The van der Waals surface area contributed by atoms with Crippen molar-refractivity contribution in [2.45, 2.75) is 86.8 Å². The number of esters is 1. The summed E-state index contributed by atoms with van der Waals surface area (Å²) in [5.41, 5.74) is 6.76. The lowest BCUT2D eigenvalue weighted by Gasteiger charge is -2.24. The van der Waals surface area contributed by atoms with Crippen LogP contribution in [0.15, 0.2) is 36.4 Å². The molecular weight excluding hydrogens is 691 g/mol. The molecular formula is C40H50Cl2N2O7. The van der Waals surface area contributed by atoms with Gasteiger partial charge in [-0.15, -0.1) is 0 Å². The number of halogens is 2. The van der Waals surface area contributed by atoms with Crippen molar-refractivity contribution in [1.82, 2.24) is 9.88 Å². The molecule has 0 radical (unpaired) electrons. The molecule has 0 aliphatic heterocycles. The maximum absolute atomic E-state index is 14.0. The average Bonchev–Trinajstić information content (AvgIpc) is 3.37. The zero-order valence-corrected chi connectivity index (χ0v) is 32.9. The third-order valence-corrected chi connectivity index (χ3v) is 9.33. The average molecular weight is 742 g/mol. The van der Waals surface area contributed by atoms with Crippen LogP contribution in [0.25, 0.3) is 22.0 Å². The van der Waals surface area contributed by atoms with E-state index in [9.17, 15) is 9.59 Å². The summed E-state index contributed by atoms with van der Waals surface area (Å²) in [7, 11) is 1.58. The predicted molar refractivity (Wildman–Crippen MR) is 204 cm³/mol. The van der Waals surface area contributed by atoms with Crippen molar-refractivity contribution in [1.29, 1.82) is 0 Å². The highest BCUT2D eigenvalue weighted by molar-refractivity contribution is 6.35. The SMILES string of the molecule is CCOC(=O)c1c(CCCOc2cc(C)c(Cl)c(C)c2)c2ccc(Cl)c(-c3c(C)cc(OCOC)cc3C)c2n1[C@H](C)CNC(=O)OC(C)(C)C. The van der Waals surface area contributed by atoms with E-state index in [-0.39, 0.29) is 19.9 Å². The summed E-state index contributed by atoms with van der Waals surface area (Å²) >= 11 is 13.5. The van der Waals surface area contributed by atoms with Crippen LogP contribution in [0, 0.1) is 27.7 Å². The number of benzene rings is 3. The molecule has 1 heterocycles. The van der Waals surface area contributed by atoms with E-state index in [1.54, 1.807) is 14.0 Å². The van der Waals surface area contributed by atoms with E-state index in [0.29, 0.717) is 35.9 Å². The van der Waals surface area contributed by atoms with Gasteiger partial charge in [0.1, 0.15) is 22.8 Å². The molecule has 1 N–H and O–H groups in total. The minimum Gasteiger partial charge on any atom is -0.494 e. The fraction of sp³-hybridized carbons (Fsp3) is 0.450. The van der Waals surface area contributed by atoms with E-state index < -0.39 is 23.7 Å². The van der Waals surface area contributed by atoms with Gasteiger partial charge in [0.25, 0.3) is 0 Å². The summed E-state index contributed by atoms with van der Waals surface area (Å²) in [5, 5.41) is 4.99. The Kier molecular flexibility index (Phi) is 13.3. The summed E-state index contributed by atoms with van der Waals surface area (Å²) in [6.07, 6.45) is 0.571. The van der Waals surface area contributed by atoms with Crippen molar-refractivity contribution in [3.8, 4) is 22.6 Å². The molecule has 0 saturated carbocycles. The molecule has 276 valence electrons. The zero-order chi connectivity index (χ0) is 37.6. The van der Waals surface area contributed by atoms with Gasteiger partial charge in [-0.3, -0.25) is 0 Å². The summed E-state index contributed by atoms with van der Waals surface area (Å²) in [6, 6.07) is 11.2. The van der Waals surface area contributed by atoms with Crippen molar-refractivity contribution >= 4 is 46.2 Å². The Bertz CT molecular complexity index is 1850. The number of amides is 1. The normalized spacial score (nSPS) is 12.2. The predicted octanol–water partition coefficient (Wildman–Crippen LogP) is 10.1. The number of hydrogen-bond donors (Lipinski definition) is 1. The fourth-order valence-electron chi connectivity index (χ4n) is 6.39. The van der Waals surface area contributed by atoms with Gasteiger partial charge < -0.3 is 33.6 Å². The topological polar surface area (TPSA) is 97.3 Å². The molecule has 0 saturated heterocycles. The second kappa shape index (κ2) is 17.1. The minimum atomic E-state index is -0.670. The highest BCUT2D eigenvalue weighted by Gasteiger charge is 2.30. The van der Waals surface area contributed by atoms with Gasteiger partial charge in [-0.05, 0) is 139 Å². The second-order valence-corrected chi connectivity index (χ2v) is 14.6. The molecule has 9 nitrogen and oxygen atoms in total. The first-order valence-electron chi connectivity index (χ1n) is 17.2. The first-order chi connectivity index (χ1) is 24.1. The van der Waals surface area contributed by atoms with Crippen molar-refractivity contribution in [2.24, 2.45) is 0 Å². The molecule has 11 heteroatoms. The lowest BCUT2D eigenvalue weighted by Crippen LogP contribution is -2.35. The fourth-order valence-corrected chi connectivity index (χ4v) is 6.75. The lowest BCUT2D eigenvalue weighted by atomic mass is 9.93. The van der Waals surface area contributed by atoms with Crippen molar-refractivity contribution in [3.63, 3.8) is 0 Å². The highest BCUT2D eigenvalue weighted by Crippen LogP contribution is 2.44. The lowest BCUT2D eigenvalue weighted by molar-refractivity contribution is 0.0505. The zero-order valence-electron chi connectivity index (χ0n) is 31.3. The minimum absolute atomic E-state index is 0.118. The molecule has 1 amide bonds. The maximum atomic E-state index is 14.0. The molecule has 0 unspecified atom stereocenters. The monoisotopic (exact) mass is 740 g/mol. The van der Waals surface area contributed by atoms with E-state index in [0.717, 1.165) is 60.6 Å². The van der Waals surface area contributed by atoms with Crippen LogP contribution in [0.3, 0.4) is 0 Å². The van der Waals surface area contributed by atoms with Crippen LogP contribution in [0.2, 0.25) is 10.0 Å². The van der Waals surface area contributed by atoms with Gasteiger partial charge in [0, 0.05) is 35.7 Å². The molecule has 0 spiro atoms. The number of ether oxygens (including phenoxy) is 5. The van der Waals surface area contributed by atoms with Crippen molar-refractivity contribution in [3.05, 3.63) is 80.0 Å². The molecule has 4 rings (SSSR count). The Morgan fingerprint density at radius 3 is 2.10 bits per heavy atom. The van der Waals surface area contributed by atoms with E-state index >= 15 is 0 Å². The summed E-state index contributed by atoms with van der Waals surface area (Å²) in [4.78, 5) is 26.8. The molecule has 0 aliphatic carbocycles. The first-order valence-corrected chi connectivity index (χ1v) is 18.0. The van der Waals surface area contributed by atoms with Crippen molar-refractivity contribution < 1.29 is 33.3 Å². The van der Waals surface area contributed by atoms with Crippen LogP contribution in [0.4, 0.5) is 4.79 Å². The summed E-state index contributed by atoms with van der Waals surface area (Å²) < 4.78 is 30.2. The van der Waals surface area contributed by atoms with Crippen LogP contribution >= 0.6 is 23.2 Å². The maximum Gasteiger partial charge on any atom is 0.407 e. The van der Waals surface area contributed by atoms with Crippen LogP contribution in [-0.4, -0.2) is 55.9 Å². The Labute approximate surface area is 311 Å². The number of fused-ring (bicyclic) bond motifs is 1. The number of aryl methyl sites for hydroxylation is 5. The van der Waals surface area contributed by atoms with Gasteiger partial charge in [-0.2, -0.15) is 0 Å². The number of rotatable bonds is 14. The number of alkyl carbamates (subject to hydrolysis) is 1. The molecule has 1 atom stereocenters. The summed E-state index contributed by atoms with van der Waals surface area (Å²) in [6.45, 7) is 18.0. The molecule has 4 aromatic rings. The van der Waals surface area contributed by atoms with Crippen LogP contribution in [0.1, 0.15) is 85.4 Å². The van der Waals surface area contributed by atoms with Gasteiger partial charge >= 0.3 is 12.1 Å². The van der Waals surface area contributed by atoms with E-state index in [4.69, 9.17) is 46.9 Å². The second-order valence-electron chi connectivity index (χ2n) is 13.8. The number of nitrogens with one attached hydrogen (secondary N) is 1. The Morgan fingerprint density at radius 2 is 1.51 bits per heavy atom. The number of carbonyl (C=O) groups is 2. The Balaban J connectivity index is 1.89.